The van der Waals surface area contributed by atoms with Gasteiger partial charge in [0, 0.05) is 18.0 Å². The van der Waals surface area contributed by atoms with Crippen LogP contribution in [0, 0.1) is 0 Å². The van der Waals surface area contributed by atoms with E-state index in [0.717, 1.165) is 0 Å². The molecular formula is C18H23NOS. The Bertz CT molecular complexity index is 525. The summed E-state index contributed by atoms with van der Waals surface area (Å²) in [4.78, 5) is 1.38. The second-order valence-corrected chi connectivity index (χ2v) is 6.67. The fourth-order valence-corrected chi connectivity index (χ4v) is 4.04. The predicted molar refractivity (Wildman–Crippen MR) is 88.8 cm³/mol. The first-order valence-corrected chi connectivity index (χ1v) is 8.63. The average molecular weight is 301 g/mol. The summed E-state index contributed by atoms with van der Waals surface area (Å²) < 4.78 is 5.70. The maximum atomic E-state index is 5.70. The topological polar surface area (TPSA) is 21.3 Å². The first-order valence-electron chi connectivity index (χ1n) is 7.75. The van der Waals surface area contributed by atoms with Crippen molar-refractivity contribution in [3.63, 3.8) is 0 Å². The number of rotatable bonds is 5. The SMILES string of the molecule is COC1CCCCC1NC(c1ccccc1)c1cccs1. The highest BCUT2D eigenvalue weighted by Gasteiger charge is 2.28. The lowest BCUT2D eigenvalue weighted by atomic mass is 9.91. The summed E-state index contributed by atoms with van der Waals surface area (Å²) >= 11 is 1.82. The summed E-state index contributed by atoms with van der Waals surface area (Å²) in [5.41, 5.74) is 1.33. The van der Waals surface area contributed by atoms with Crippen LogP contribution in [-0.4, -0.2) is 19.3 Å². The number of hydrogen-bond donors (Lipinski definition) is 1. The molecule has 1 N–H and O–H groups in total. The van der Waals surface area contributed by atoms with Crippen LogP contribution in [0.4, 0.5) is 0 Å². The lowest BCUT2D eigenvalue weighted by molar-refractivity contribution is 0.0393. The smallest absolute Gasteiger partial charge is 0.0724 e. The minimum absolute atomic E-state index is 0.270. The van der Waals surface area contributed by atoms with Gasteiger partial charge in [-0.2, -0.15) is 0 Å². The van der Waals surface area contributed by atoms with Crippen LogP contribution in [0.15, 0.2) is 47.8 Å². The standard InChI is InChI=1S/C18H23NOS/c1-20-16-11-6-5-10-15(16)19-18(17-12-7-13-21-17)14-8-3-2-4-9-14/h2-4,7-9,12-13,15-16,18-19H,5-6,10-11H2,1H3. The highest BCUT2D eigenvalue weighted by Crippen LogP contribution is 2.29. The molecule has 2 nitrogen and oxygen atoms in total. The average Bonchev–Trinajstić information content (AvgIpc) is 3.08. The third-order valence-corrected chi connectivity index (χ3v) is 5.28. The molecule has 3 rings (SSSR count). The second kappa shape index (κ2) is 7.21. The van der Waals surface area contributed by atoms with Gasteiger partial charge in [-0.3, -0.25) is 0 Å². The Kier molecular flexibility index (Phi) is 5.07. The fourth-order valence-electron chi connectivity index (χ4n) is 3.23. The van der Waals surface area contributed by atoms with Crippen molar-refractivity contribution in [1.29, 1.82) is 0 Å². The zero-order valence-corrected chi connectivity index (χ0v) is 13.3. The fraction of sp³-hybridized carbons (Fsp3) is 0.444. The molecule has 1 fully saturated rings. The van der Waals surface area contributed by atoms with E-state index in [-0.39, 0.29) is 6.04 Å². The molecule has 3 heteroatoms. The highest BCUT2D eigenvalue weighted by atomic mass is 32.1. The molecule has 1 aromatic heterocycles. The maximum Gasteiger partial charge on any atom is 0.0724 e. The third-order valence-electron chi connectivity index (χ3n) is 4.35. The molecule has 112 valence electrons. The lowest BCUT2D eigenvalue weighted by Crippen LogP contribution is -2.44. The molecule has 1 aliphatic rings. The molecule has 3 atom stereocenters. The van der Waals surface area contributed by atoms with Crippen LogP contribution in [0.1, 0.15) is 42.2 Å². The summed E-state index contributed by atoms with van der Waals surface area (Å²) in [6.07, 6.45) is 5.28. The van der Waals surface area contributed by atoms with E-state index in [9.17, 15) is 0 Å². The van der Waals surface area contributed by atoms with Crippen molar-refractivity contribution in [3.8, 4) is 0 Å². The van der Waals surface area contributed by atoms with Gasteiger partial charge in [0.1, 0.15) is 0 Å². The largest absolute Gasteiger partial charge is 0.380 e. The van der Waals surface area contributed by atoms with E-state index in [4.69, 9.17) is 4.74 Å². The van der Waals surface area contributed by atoms with E-state index in [1.807, 2.05) is 18.4 Å². The molecule has 1 aromatic carbocycles. The van der Waals surface area contributed by atoms with Gasteiger partial charge in [0.15, 0.2) is 0 Å². The number of hydrogen-bond acceptors (Lipinski definition) is 3. The Morgan fingerprint density at radius 1 is 1.10 bits per heavy atom. The molecule has 3 unspecified atom stereocenters. The van der Waals surface area contributed by atoms with E-state index < -0.39 is 0 Å². The molecule has 1 saturated carbocycles. The molecule has 0 radical (unpaired) electrons. The summed E-state index contributed by atoms with van der Waals surface area (Å²) in [7, 11) is 1.84. The molecular weight excluding hydrogens is 278 g/mol. The molecule has 2 aromatic rings. The monoisotopic (exact) mass is 301 g/mol. The Balaban J connectivity index is 1.82. The van der Waals surface area contributed by atoms with Crippen molar-refractivity contribution < 1.29 is 4.74 Å². The lowest BCUT2D eigenvalue weighted by Gasteiger charge is -2.34. The molecule has 1 aliphatic carbocycles. The van der Waals surface area contributed by atoms with Crippen molar-refractivity contribution in [2.45, 2.75) is 43.9 Å². The van der Waals surface area contributed by atoms with Crippen molar-refractivity contribution in [1.82, 2.24) is 5.32 Å². The van der Waals surface area contributed by atoms with E-state index in [2.05, 4.69) is 53.2 Å². The highest BCUT2D eigenvalue weighted by molar-refractivity contribution is 7.10. The quantitative estimate of drug-likeness (QED) is 0.884. The van der Waals surface area contributed by atoms with Crippen molar-refractivity contribution in [3.05, 3.63) is 58.3 Å². The van der Waals surface area contributed by atoms with E-state index in [1.165, 1.54) is 36.1 Å². The van der Waals surface area contributed by atoms with Crippen LogP contribution >= 0.6 is 11.3 Å². The van der Waals surface area contributed by atoms with Gasteiger partial charge in [-0.1, -0.05) is 49.2 Å². The number of benzene rings is 1. The van der Waals surface area contributed by atoms with Crippen LogP contribution in [0.3, 0.4) is 0 Å². The molecule has 21 heavy (non-hydrogen) atoms. The van der Waals surface area contributed by atoms with Gasteiger partial charge in [0.25, 0.3) is 0 Å². The van der Waals surface area contributed by atoms with Crippen LogP contribution in [0.5, 0.6) is 0 Å². The second-order valence-electron chi connectivity index (χ2n) is 5.69. The van der Waals surface area contributed by atoms with Gasteiger partial charge in [-0.05, 0) is 29.9 Å². The van der Waals surface area contributed by atoms with Gasteiger partial charge >= 0.3 is 0 Å². The number of nitrogens with one attached hydrogen (secondary N) is 1. The van der Waals surface area contributed by atoms with Crippen LogP contribution in [-0.2, 0) is 4.74 Å². The predicted octanol–water partition coefficient (Wildman–Crippen LogP) is 4.38. The van der Waals surface area contributed by atoms with Crippen molar-refractivity contribution >= 4 is 11.3 Å². The third kappa shape index (κ3) is 3.54. The van der Waals surface area contributed by atoms with Crippen LogP contribution in [0.2, 0.25) is 0 Å². The Morgan fingerprint density at radius 2 is 1.90 bits per heavy atom. The Hall–Kier alpha value is -1.16. The van der Waals surface area contributed by atoms with Gasteiger partial charge < -0.3 is 10.1 Å². The Morgan fingerprint density at radius 3 is 2.62 bits per heavy atom. The van der Waals surface area contributed by atoms with E-state index >= 15 is 0 Å². The zero-order chi connectivity index (χ0) is 14.5. The Labute approximate surface area is 131 Å². The molecule has 0 saturated heterocycles. The van der Waals surface area contributed by atoms with E-state index in [0.29, 0.717) is 12.1 Å². The molecule has 0 amide bonds. The first-order chi connectivity index (χ1) is 10.4. The number of thiophene rings is 1. The molecule has 0 bridgehead atoms. The molecule has 0 spiro atoms. The number of methoxy groups -OCH3 is 1. The first kappa shape index (κ1) is 14.8. The van der Waals surface area contributed by atoms with Crippen LogP contribution in [0.25, 0.3) is 0 Å². The van der Waals surface area contributed by atoms with Gasteiger partial charge in [-0.25, -0.2) is 0 Å². The maximum absolute atomic E-state index is 5.70. The van der Waals surface area contributed by atoms with Crippen molar-refractivity contribution in [2.24, 2.45) is 0 Å². The van der Waals surface area contributed by atoms with E-state index in [1.54, 1.807) is 0 Å². The van der Waals surface area contributed by atoms with Crippen LogP contribution < -0.4 is 5.32 Å². The summed E-state index contributed by atoms with van der Waals surface area (Å²) in [5.74, 6) is 0. The van der Waals surface area contributed by atoms with Gasteiger partial charge in [-0.15, -0.1) is 11.3 Å². The minimum Gasteiger partial charge on any atom is -0.380 e. The molecule has 1 heterocycles. The minimum atomic E-state index is 0.270. The summed E-state index contributed by atoms with van der Waals surface area (Å²) in [5, 5.41) is 6.02. The summed E-state index contributed by atoms with van der Waals surface area (Å²) in [6.45, 7) is 0. The zero-order valence-electron chi connectivity index (χ0n) is 12.5. The molecule has 0 aliphatic heterocycles. The number of ether oxygens (including phenoxy) is 1. The van der Waals surface area contributed by atoms with Gasteiger partial charge in [0.05, 0.1) is 12.1 Å². The van der Waals surface area contributed by atoms with Crippen molar-refractivity contribution in [2.75, 3.05) is 7.11 Å². The van der Waals surface area contributed by atoms with Gasteiger partial charge in [0.2, 0.25) is 0 Å². The summed E-state index contributed by atoms with van der Waals surface area (Å²) in [6, 6.07) is 15.8. The normalized spacial score (nSPS) is 23.9.